The fourth-order valence-electron chi connectivity index (χ4n) is 7.48. The van der Waals surface area contributed by atoms with Gasteiger partial charge in [-0.25, -0.2) is 5.53 Å². The molecular weight excluding hydrogens is 586 g/mol. The van der Waals surface area contributed by atoms with E-state index in [1.165, 1.54) is 18.4 Å². The van der Waals surface area contributed by atoms with E-state index in [0.29, 0.717) is 35.5 Å². The van der Waals surface area contributed by atoms with Crippen LogP contribution in [0.1, 0.15) is 132 Å². The van der Waals surface area contributed by atoms with Crippen molar-refractivity contribution in [1.29, 1.82) is 0 Å². The number of amides is 2. The molecule has 0 radical (unpaired) electrons. The Balaban J connectivity index is 1.32. The lowest BCUT2D eigenvalue weighted by atomic mass is 9.69. The van der Waals surface area contributed by atoms with Crippen molar-refractivity contribution in [1.82, 2.24) is 26.3 Å². The number of hydrogen-bond donors (Lipinski definition) is 3. The maximum absolute atomic E-state index is 14.8. The first-order valence-electron chi connectivity index (χ1n) is 17.5. The highest BCUT2D eigenvalue weighted by atomic mass is 16.2. The predicted octanol–water partition coefficient (Wildman–Crippen LogP) is 6.69. The monoisotopic (exact) mass is 639 g/mol. The molecule has 1 unspecified atom stereocenters. The first-order valence-corrected chi connectivity index (χ1v) is 17.5. The minimum Gasteiger partial charge on any atom is -0.345 e. The van der Waals surface area contributed by atoms with Crippen LogP contribution in [-0.2, 0) is 4.79 Å². The van der Waals surface area contributed by atoms with Gasteiger partial charge in [0.05, 0.1) is 12.6 Å². The average molecular weight is 640 g/mol. The summed E-state index contributed by atoms with van der Waals surface area (Å²) < 4.78 is 0. The van der Waals surface area contributed by atoms with Crippen molar-refractivity contribution >= 4 is 23.4 Å². The quantitative estimate of drug-likeness (QED) is 0.284. The molecule has 6 rings (SSSR count). The molecule has 252 valence electrons. The van der Waals surface area contributed by atoms with Gasteiger partial charge in [0, 0.05) is 18.2 Å². The van der Waals surface area contributed by atoms with Crippen LogP contribution in [0.4, 0.5) is 0 Å². The normalized spacial score (nSPS) is 23.9. The molecule has 2 heterocycles. The van der Waals surface area contributed by atoms with Crippen LogP contribution in [0.2, 0.25) is 0 Å². The second-order valence-corrected chi connectivity index (χ2v) is 16.4. The number of hydrazine groups is 2. The summed E-state index contributed by atoms with van der Waals surface area (Å²) in [5.41, 5.74) is 9.79. The van der Waals surface area contributed by atoms with E-state index in [1.54, 1.807) is 5.01 Å². The van der Waals surface area contributed by atoms with E-state index in [-0.39, 0.29) is 28.7 Å². The molecule has 2 aromatic carbocycles. The maximum atomic E-state index is 14.8. The Labute approximate surface area is 280 Å². The molecule has 2 fully saturated rings. The van der Waals surface area contributed by atoms with Gasteiger partial charge in [0.15, 0.2) is 5.84 Å². The van der Waals surface area contributed by atoms with Crippen molar-refractivity contribution in [3.05, 3.63) is 70.8 Å². The number of carbonyl (C=O) groups is 2. The fraction of sp³-hybridized carbons (Fsp3) is 0.579. The SMILES string of the molecule is CN1NNN=C1CNC(=O)c1ccc(C(CCC(C)(C)C)N2C(=O)C(c3cccc(C4CC4)c3)=NC23CCC(C(C)(C)C)CC3)cc1. The summed E-state index contributed by atoms with van der Waals surface area (Å²) in [6.07, 6.45) is 8.03. The molecule has 2 aliphatic carbocycles. The van der Waals surface area contributed by atoms with Gasteiger partial charge in [-0.1, -0.05) is 71.9 Å². The minimum atomic E-state index is -0.571. The van der Waals surface area contributed by atoms with Gasteiger partial charge in [-0.2, -0.15) is 0 Å². The molecule has 1 atom stereocenters. The van der Waals surface area contributed by atoms with Crippen molar-refractivity contribution in [2.24, 2.45) is 26.8 Å². The van der Waals surface area contributed by atoms with Gasteiger partial charge in [-0.05, 0) is 103 Å². The molecule has 1 spiro atoms. The third-order valence-corrected chi connectivity index (χ3v) is 10.6. The third kappa shape index (κ3) is 7.25. The fourth-order valence-corrected chi connectivity index (χ4v) is 7.48. The van der Waals surface area contributed by atoms with Crippen LogP contribution in [-0.4, -0.2) is 52.5 Å². The van der Waals surface area contributed by atoms with E-state index < -0.39 is 5.66 Å². The van der Waals surface area contributed by atoms with E-state index in [2.05, 4.69) is 92.2 Å². The Morgan fingerprint density at radius 2 is 1.72 bits per heavy atom. The highest BCUT2D eigenvalue weighted by Gasteiger charge is 2.52. The number of hydrazone groups is 1. The summed E-state index contributed by atoms with van der Waals surface area (Å²) >= 11 is 0. The smallest absolute Gasteiger partial charge is 0.275 e. The Morgan fingerprint density at radius 1 is 1.02 bits per heavy atom. The number of likely N-dealkylation sites (N-methyl/N-ethyl adjacent to an activating group) is 1. The molecular formula is C38H53N7O2. The van der Waals surface area contributed by atoms with Crippen molar-refractivity contribution in [2.75, 3.05) is 13.6 Å². The van der Waals surface area contributed by atoms with E-state index in [4.69, 9.17) is 4.99 Å². The lowest BCUT2D eigenvalue weighted by molar-refractivity contribution is -0.134. The molecule has 9 heteroatoms. The van der Waals surface area contributed by atoms with Crippen molar-refractivity contribution in [3.63, 3.8) is 0 Å². The maximum Gasteiger partial charge on any atom is 0.275 e. The number of hydrogen-bond acceptors (Lipinski definition) is 7. The van der Waals surface area contributed by atoms with Crippen molar-refractivity contribution < 1.29 is 9.59 Å². The topological polar surface area (TPSA) is 101 Å². The molecule has 0 bridgehead atoms. The summed E-state index contributed by atoms with van der Waals surface area (Å²) in [7, 11) is 1.83. The van der Waals surface area contributed by atoms with Gasteiger partial charge in [-0.3, -0.25) is 19.6 Å². The van der Waals surface area contributed by atoms with Crippen LogP contribution < -0.4 is 16.4 Å². The van der Waals surface area contributed by atoms with Gasteiger partial charge in [0.2, 0.25) is 0 Å². The number of aliphatic imine (C=N–C) groups is 1. The number of carbonyl (C=O) groups excluding carboxylic acids is 2. The molecule has 9 nitrogen and oxygen atoms in total. The molecule has 3 N–H and O–H groups in total. The second-order valence-electron chi connectivity index (χ2n) is 16.4. The number of nitrogens with one attached hydrogen (secondary N) is 3. The Kier molecular flexibility index (Phi) is 8.98. The predicted molar refractivity (Wildman–Crippen MR) is 188 cm³/mol. The highest BCUT2D eigenvalue weighted by Crippen LogP contribution is 2.50. The summed E-state index contributed by atoms with van der Waals surface area (Å²) in [5.74, 6) is 1.76. The summed E-state index contributed by atoms with van der Waals surface area (Å²) in [5, 5.41) is 8.81. The Hall–Kier alpha value is -3.72. The molecule has 4 aliphatic rings. The first-order chi connectivity index (χ1) is 22.2. The summed E-state index contributed by atoms with van der Waals surface area (Å²) in [6.45, 7) is 14.1. The number of benzene rings is 2. The molecule has 2 aliphatic heterocycles. The summed E-state index contributed by atoms with van der Waals surface area (Å²) in [4.78, 5) is 35.5. The van der Waals surface area contributed by atoms with E-state index in [9.17, 15) is 9.59 Å². The average Bonchev–Trinajstić information content (AvgIpc) is 3.75. The van der Waals surface area contributed by atoms with Crippen LogP contribution in [0.15, 0.2) is 58.6 Å². The van der Waals surface area contributed by atoms with Gasteiger partial charge in [0.25, 0.3) is 11.8 Å². The highest BCUT2D eigenvalue weighted by molar-refractivity contribution is 6.46. The first kappa shape index (κ1) is 33.2. The lowest BCUT2D eigenvalue weighted by Gasteiger charge is -2.47. The van der Waals surface area contributed by atoms with Gasteiger partial charge in [-0.15, -0.1) is 10.6 Å². The third-order valence-electron chi connectivity index (χ3n) is 10.6. The lowest BCUT2D eigenvalue weighted by Crippen LogP contribution is -2.51. The molecule has 0 saturated heterocycles. The van der Waals surface area contributed by atoms with E-state index in [1.807, 2.05) is 31.3 Å². The van der Waals surface area contributed by atoms with E-state index in [0.717, 1.165) is 49.7 Å². The van der Waals surface area contributed by atoms with Gasteiger partial charge in [0.1, 0.15) is 11.4 Å². The zero-order valence-electron chi connectivity index (χ0n) is 29.3. The largest absolute Gasteiger partial charge is 0.345 e. The molecule has 2 amide bonds. The molecule has 2 saturated carbocycles. The van der Waals surface area contributed by atoms with Gasteiger partial charge < -0.3 is 10.2 Å². The standard InChI is InChI=1S/C38H53N7O2/c1-36(2,3)20-19-31(26-13-15-27(16-14-26)34(46)39-24-32-41-42-43-44(32)7)45-35(47)33(29-10-8-9-28(23-29)25-11-12-25)40-38(45)21-17-30(18-22-38)37(4,5)6/h8-10,13-16,23,25,30-31,42-43H,11-12,17-22,24H2,1-7H3,(H,39,46). The molecule has 2 aromatic rings. The zero-order valence-corrected chi connectivity index (χ0v) is 29.3. The number of rotatable bonds is 9. The Bertz CT molecular complexity index is 1540. The second kappa shape index (κ2) is 12.7. The van der Waals surface area contributed by atoms with Crippen LogP contribution in [0.5, 0.6) is 0 Å². The minimum absolute atomic E-state index is 0.0385. The number of nitrogens with zero attached hydrogens (tertiary/aromatic N) is 4. The molecule has 47 heavy (non-hydrogen) atoms. The van der Waals surface area contributed by atoms with Crippen LogP contribution >= 0.6 is 0 Å². The van der Waals surface area contributed by atoms with Crippen LogP contribution in [0, 0.1) is 16.7 Å². The van der Waals surface area contributed by atoms with Crippen molar-refractivity contribution in [3.8, 4) is 0 Å². The summed E-state index contributed by atoms with van der Waals surface area (Å²) in [6, 6.07) is 16.3. The molecule has 0 aromatic heterocycles. The Morgan fingerprint density at radius 3 is 2.32 bits per heavy atom. The number of amidine groups is 1. The van der Waals surface area contributed by atoms with Gasteiger partial charge >= 0.3 is 0 Å². The zero-order chi connectivity index (χ0) is 33.6. The van der Waals surface area contributed by atoms with Crippen LogP contribution in [0.3, 0.4) is 0 Å². The van der Waals surface area contributed by atoms with Crippen LogP contribution in [0.25, 0.3) is 0 Å². The van der Waals surface area contributed by atoms with E-state index >= 15 is 0 Å². The van der Waals surface area contributed by atoms with Crippen molar-refractivity contribution in [2.45, 2.75) is 111 Å².